The van der Waals surface area contributed by atoms with Crippen LogP contribution in [0.25, 0.3) is 21.9 Å². The molecule has 0 saturated heterocycles. The third kappa shape index (κ3) is 4.56. The normalized spacial score (nSPS) is 10.6. The van der Waals surface area contributed by atoms with Crippen LogP contribution in [0.3, 0.4) is 0 Å². The van der Waals surface area contributed by atoms with Crippen LogP contribution in [0.4, 0.5) is 0 Å². The van der Waals surface area contributed by atoms with Crippen LogP contribution >= 0.6 is 0 Å². The van der Waals surface area contributed by atoms with Crippen molar-refractivity contribution < 1.29 is 17.6 Å². The fraction of sp³-hybridized carbons (Fsp3) is 0.0714. The second-order valence-electron chi connectivity index (χ2n) is 4.47. The number of rotatable bonds is 1. The molecule has 0 saturated carbocycles. The molecule has 0 atom stereocenters. The molecule has 0 spiro atoms. The van der Waals surface area contributed by atoms with E-state index >= 15 is 0 Å². The number of hydrogen-bond acceptors (Lipinski definition) is 4. The van der Waals surface area contributed by atoms with E-state index in [2.05, 4.69) is 5.14 Å². The first-order chi connectivity index (χ1) is 9.77. The third-order valence-corrected chi connectivity index (χ3v) is 2.67. The van der Waals surface area contributed by atoms with Gasteiger partial charge in [0.2, 0.25) is 15.9 Å². The molecule has 112 valence electrons. The van der Waals surface area contributed by atoms with E-state index in [4.69, 9.17) is 10.2 Å². The average molecular weight is 330 g/mol. The number of benzene rings is 2. The Morgan fingerprint density at radius 3 is 2.18 bits per heavy atom. The molecule has 6 nitrogen and oxygen atoms in total. The number of fused-ring (bicyclic) bond motifs is 3. The summed E-state index contributed by atoms with van der Waals surface area (Å²) in [5.41, 5.74) is 7.31. The molecule has 0 radical (unpaired) electrons. The first-order valence-electron chi connectivity index (χ1n) is 5.95. The topological polar surface area (TPSA) is 116 Å². The van der Waals surface area contributed by atoms with Crippen molar-refractivity contribution in [2.75, 3.05) is 6.26 Å². The van der Waals surface area contributed by atoms with Crippen molar-refractivity contribution in [3.8, 4) is 0 Å². The number of hydrogen-bond donors (Lipinski definition) is 2. The van der Waals surface area contributed by atoms with Gasteiger partial charge in [0.05, 0.1) is 11.8 Å². The maximum absolute atomic E-state index is 11.3. The van der Waals surface area contributed by atoms with Crippen LogP contribution in [0.2, 0.25) is 0 Å². The molecule has 2 aromatic carbocycles. The van der Waals surface area contributed by atoms with E-state index in [1.807, 2.05) is 30.3 Å². The molecule has 1 heterocycles. The first-order valence-corrected chi connectivity index (χ1v) is 7.90. The van der Waals surface area contributed by atoms with E-state index in [0.29, 0.717) is 11.1 Å². The summed E-state index contributed by atoms with van der Waals surface area (Å²) in [5, 5.41) is 6.05. The van der Waals surface area contributed by atoms with E-state index in [0.717, 1.165) is 22.6 Å². The quantitative estimate of drug-likeness (QED) is 0.646. The second-order valence-corrected chi connectivity index (χ2v) is 6.13. The third-order valence-electron chi connectivity index (χ3n) is 2.67. The molecule has 22 heavy (non-hydrogen) atoms. The molecule has 1 amide bonds. The van der Waals surface area contributed by atoms with E-state index < -0.39 is 15.9 Å². The first kappa shape index (κ1) is 18.7. The fourth-order valence-electron chi connectivity index (χ4n) is 1.98. The van der Waals surface area contributed by atoms with Gasteiger partial charge in [0, 0.05) is 10.8 Å². The van der Waals surface area contributed by atoms with Crippen LogP contribution in [0.1, 0.15) is 10.4 Å². The number of para-hydroxylation sites is 1. The van der Waals surface area contributed by atoms with Gasteiger partial charge in [-0.2, -0.15) is 0 Å². The molecule has 3 rings (SSSR count). The number of carbonyl (C=O) groups excluding carboxylic acids is 1. The van der Waals surface area contributed by atoms with Crippen molar-refractivity contribution >= 4 is 67.4 Å². The molecule has 0 aliphatic rings. The number of amides is 1. The van der Waals surface area contributed by atoms with Gasteiger partial charge in [-0.3, -0.25) is 4.79 Å². The summed E-state index contributed by atoms with van der Waals surface area (Å²) in [4.78, 5) is 11.3. The number of nitrogens with two attached hydrogens (primary N) is 2. The molecule has 1 aromatic heterocycles. The molecule has 3 aromatic rings. The van der Waals surface area contributed by atoms with Gasteiger partial charge in [-0.05, 0) is 18.2 Å². The second kappa shape index (κ2) is 7.26. The molecule has 8 heteroatoms. The molecule has 4 N–H and O–H groups in total. The van der Waals surface area contributed by atoms with Gasteiger partial charge in [-0.1, -0.05) is 24.3 Å². The Labute approximate surface area is 149 Å². The average Bonchev–Trinajstić information content (AvgIpc) is 2.74. The van der Waals surface area contributed by atoms with E-state index in [1.165, 1.54) is 0 Å². The molecular weight excluding hydrogens is 315 g/mol. The van der Waals surface area contributed by atoms with Gasteiger partial charge in [0.1, 0.15) is 11.2 Å². The van der Waals surface area contributed by atoms with Crippen molar-refractivity contribution in [1.82, 2.24) is 0 Å². The van der Waals surface area contributed by atoms with Gasteiger partial charge in [-0.25, -0.2) is 13.6 Å². The zero-order valence-electron chi connectivity index (χ0n) is 11.2. The van der Waals surface area contributed by atoms with Crippen molar-refractivity contribution in [2.24, 2.45) is 10.9 Å². The molecule has 0 bridgehead atoms. The van der Waals surface area contributed by atoms with Crippen molar-refractivity contribution in [1.29, 1.82) is 0 Å². The summed E-state index contributed by atoms with van der Waals surface area (Å²) in [6, 6.07) is 12.9. The van der Waals surface area contributed by atoms with E-state index in [9.17, 15) is 13.2 Å². The van der Waals surface area contributed by atoms with E-state index in [1.54, 1.807) is 12.1 Å². The summed E-state index contributed by atoms with van der Waals surface area (Å²) < 4.78 is 24.5. The van der Waals surface area contributed by atoms with Crippen LogP contribution in [0.5, 0.6) is 0 Å². The van der Waals surface area contributed by atoms with Crippen LogP contribution in [-0.2, 0) is 10.0 Å². The minimum atomic E-state index is -3.17. The van der Waals surface area contributed by atoms with Crippen molar-refractivity contribution in [3.05, 3.63) is 48.0 Å². The zero-order chi connectivity index (χ0) is 15.6. The van der Waals surface area contributed by atoms with Crippen molar-refractivity contribution in [2.45, 2.75) is 0 Å². The zero-order valence-corrected chi connectivity index (χ0v) is 12.1. The monoisotopic (exact) mass is 330 g/mol. The Kier molecular flexibility index (Phi) is 6.16. The summed E-state index contributed by atoms with van der Waals surface area (Å²) in [7, 11) is -3.17. The number of furan rings is 1. The summed E-state index contributed by atoms with van der Waals surface area (Å²) in [6.07, 6.45) is 0.938. The summed E-state index contributed by atoms with van der Waals surface area (Å²) in [5.74, 6) is -0.433. The number of primary amides is 1. The Morgan fingerprint density at radius 2 is 1.59 bits per heavy atom. The summed E-state index contributed by atoms with van der Waals surface area (Å²) in [6.45, 7) is 0. The van der Waals surface area contributed by atoms with Gasteiger partial charge in [0.15, 0.2) is 0 Å². The Hall–Kier alpha value is -1.38. The van der Waals surface area contributed by atoms with Crippen molar-refractivity contribution in [3.63, 3.8) is 0 Å². The SMILES string of the molecule is CS(N)(=O)=O.NC(=O)c1cccc2oc3ccccc3c12.[NaH]. The predicted molar refractivity (Wildman–Crippen MR) is 88.4 cm³/mol. The van der Waals surface area contributed by atoms with Crippen LogP contribution in [0.15, 0.2) is 46.9 Å². The summed E-state index contributed by atoms with van der Waals surface area (Å²) >= 11 is 0. The van der Waals surface area contributed by atoms with Crippen LogP contribution < -0.4 is 10.9 Å². The van der Waals surface area contributed by atoms with Crippen LogP contribution in [-0.4, -0.2) is 50.1 Å². The molecular formula is C14H15N2NaO4S. The van der Waals surface area contributed by atoms with Gasteiger partial charge >= 0.3 is 29.6 Å². The number of carbonyl (C=O) groups is 1. The number of sulfonamides is 1. The van der Waals surface area contributed by atoms with Gasteiger partial charge < -0.3 is 10.2 Å². The Bertz CT molecular complexity index is 911. The van der Waals surface area contributed by atoms with Crippen LogP contribution in [0, 0.1) is 0 Å². The minimum absolute atomic E-state index is 0. The fourth-order valence-corrected chi connectivity index (χ4v) is 1.98. The molecule has 0 fully saturated rings. The Morgan fingerprint density at radius 1 is 1.05 bits per heavy atom. The van der Waals surface area contributed by atoms with Gasteiger partial charge in [0.25, 0.3) is 0 Å². The molecule has 0 unspecified atom stereocenters. The standard InChI is InChI=1S/C13H9NO2.CH5NO2S.Na.H/c14-13(15)9-5-3-7-11-12(9)8-4-1-2-6-10(8)16-11;1-5(2,3)4;;/h1-7H,(H2,14,15);1H3,(H2,2,3,4);;. The molecule has 0 aliphatic heterocycles. The molecule has 0 aliphatic carbocycles. The maximum atomic E-state index is 11.3. The van der Waals surface area contributed by atoms with Gasteiger partial charge in [-0.15, -0.1) is 0 Å². The Balaban J connectivity index is 0.000000356. The van der Waals surface area contributed by atoms with E-state index in [-0.39, 0.29) is 29.6 Å². The number of primary sulfonamides is 1. The predicted octanol–water partition coefficient (Wildman–Crippen LogP) is 0.941.